The second-order valence-electron chi connectivity index (χ2n) is 7.60. The molecule has 12 heteroatoms. The van der Waals surface area contributed by atoms with Crippen molar-refractivity contribution in [1.82, 2.24) is 20.5 Å². The minimum Gasteiger partial charge on any atom is -0.484 e. The van der Waals surface area contributed by atoms with Crippen LogP contribution in [0.2, 0.25) is 0 Å². The van der Waals surface area contributed by atoms with Gasteiger partial charge in [0.05, 0.1) is 11.3 Å². The number of fused-ring (bicyclic) bond motifs is 1. The van der Waals surface area contributed by atoms with E-state index >= 15 is 0 Å². The summed E-state index contributed by atoms with van der Waals surface area (Å²) < 4.78 is 35.0. The SMILES string of the molecule is C[C@H]1Oc2cc(S(C)(=O)=O)cnc2N(C)C(=O)[C@H]1NC(=O)c1nnc(Cc2ccccc2)o1. The number of rotatable bonds is 5. The molecule has 1 aliphatic heterocycles. The van der Waals surface area contributed by atoms with Crippen molar-refractivity contribution in [2.24, 2.45) is 0 Å². The maximum Gasteiger partial charge on any atom is 0.309 e. The predicted molar refractivity (Wildman–Crippen MR) is 116 cm³/mol. The quantitative estimate of drug-likeness (QED) is 0.576. The van der Waals surface area contributed by atoms with Gasteiger partial charge in [0.1, 0.15) is 12.1 Å². The molecule has 33 heavy (non-hydrogen) atoms. The van der Waals surface area contributed by atoms with Gasteiger partial charge in [-0.1, -0.05) is 30.3 Å². The van der Waals surface area contributed by atoms with Crippen molar-refractivity contribution in [1.29, 1.82) is 0 Å². The van der Waals surface area contributed by atoms with E-state index in [9.17, 15) is 18.0 Å². The highest BCUT2D eigenvalue weighted by atomic mass is 32.2. The van der Waals surface area contributed by atoms with Gasteiger partial charge in [-0.2, -0.15) is 0 Å². The first-order valence-corrected chi connectivity index (χ1v) is 11.8. The van der Waals surface area contributed by atoms with Crippen molar-refractivity contribution in [3.8, 4) is 5.75 Å². The molecule has 172 valence electrons. The maximum atomic E-state index is 13.0. The lowest BCUT2D eigenvalue weighted by Crippen LogP contribution is -2.53. The molecule has 1 aliphatic rings. The molecule has 4 rings (SSSR count). The number of nitrogens with one attached hydrogen (secondary N) is 1. The third kappa shape index (κ3) is 4.70. The van der Waals surface area contributed by atoms with Gasteiger partial charge in [-0.05, 0) is 12.5 Å². The molecule has 0 saturated heterocycles. The van der Waals surface area contributed by atoms with Gasteiger partial charge in [-0.15, -0.1) is 10.2 Å². The van der Waals surface area contributed by atoms with Crippen molar-refractivity contribution in [2.45, 2.75) is 30.4 Å². The number of pyridine rings is 1. The van der Waals surface area contributed by atoms with Crippen molar-refractivity contribution in [2.75, 3.05) is 18.2 Å². The van der Waals surface area contributed by atoms with Crippen LogP contribution in [0.15, 0.2) is 51.9 Å². The molecular formula is C21H21N5O6S. The molecule has 3 aromatic rings. The van der Waals surface area contributed by atoms with Crippen LogP contribution >= 0.6 is 0 Å². The third-order valence-electron chi connectivity index (χ3n) is 5.08. The molecule has 2 aromatic heterocycles. The summed E-state index contributed by atoms with van der Waals surface area (Å²) in [5.41, 5.74) is 0.939. The Kier molecular flexibility index (Phi) is 5.85. The normalized spacial score (nSPS) is 18.3. The average Bonchev–Trinajstić information content (AvgIpc) is 3.22. The fourth-order valence-electron chi connectivity index (χ4n) is 3.31. The number of ether oxygens (including phenoxy) is 1. The van der Waals surface area contributed by atoms with Crippen LogP contribution in [-0.4, -0.2) is 60.9 Å². The Morgan fingerprint density at radius 2 is 1.94 bits per heavy atom. The summed E-state index contributed by atoms with van der Waals surface area (Å²) in [6, 6.07) is 9.61. The number of aromatic nitrogens is 3. The van der Waals surface area contributed by atoms with E-state index in [2.05, 4.69) is 20.5 Å². The number of sulfone groups is 1. The van der Waals surface area contributed by atoms with Gasteiger partial charge >= 0.3 is 11.8 Å². The Balaban J connectivity index is 1.52. The van der Waals surface area contributed by atoms with E-state index in [0.29, 0.717) is 6.42 Å². The monoisotopic (exact) mass is 471 g/mol. The van der Waals surface area contributed by atoms with Gasteiger partial charge in [0.15, 0.2) is 21.4 Å². The lowest BCUT2D eigenvalue weighted by molar-refractivity contribution is -0.121. The zero-order chi connectivity index (χ0) is 23.8. The predicted octanol–water partition coefficient (Wildman–Crippen LogP) is 1.00. The van der Waals surface area contributed by atoms with E-state index < -0.39 is 33.8 Å². The van der Waals surface area contributed by atoms with E-state index in [1.807, 2.05) is 30.3 Å². The number of likely N-dealkylation sites (N-methyl/N-ethyl adjacent to an activating group) is 1. The number of benzene rings is 1. The second kappa shape index (κ2) is 8.62. The molecule has 0 bridgehead atoms. The van der Waals surface area contributed by atoms with Crippen LogP contribution in [0, 0.1) is 0 Å². The van der Waals surface area contributed by atoms with Crippen LogP contribution in [0.5, 0.6) is 5.75 Å². The van der Waals surface area contributed by atoms with E-state index in [1.54, 1.807) is 6.92 Å². The fraction of sp³-hybridized carbons (Fsp3) is 0.286. The van der Waals surface area contributed by atoms with Crippen LogP contribution < -0.4 is 15.0 Å². The zero-order valence-corrected chi connectivity index (χ0v) is 18.9. The smallest absolute Gasteiger partial charge is 0.309 e. The van der Waals surface area contributed by atoms with E-state index in [-0.39, 0.29) is 28.2 Å². The van der Waals surface area contributed by atoms with Crippen molar-refractivity contribution in [3.05, 3.63) is 59.9 Å². The van der Waals surface area contributed by atoms with Crippen LogP contribution in [0.1, 0.15) is 29.1 Å². The van der Waals surface area contributed by atoms with Gasteiger partial charge in [-0.3, -0.25) is 14.5 Å². The Bertz CT molecular complexity index is 1310. The standard InChI is InChI=1S/C21H21N5O6S/c1-12-17(21(28)26(2)18-15(31-12)10-14(11-22-18)33(3,29)30)23-19(27)20-25-24-16(32-20)9-13-7-5-4-6-8-13/h4-8,10-12,17H,9H2,1-3H3,(H,23,27)/t12-,17+/m1/s1. The highest BCUT2D eigenvalue weighted by molar-refractivity contribution is 7.90. The molecule has 0 fully saturated rings. The lowest BCUT2D eigenvalue weighted by Gasteiger charge is -2.22. The van der Waals surface area contributed by atoms with Gasteiger partial charge < -0.3 is 14.5 Å². The third-order valence-corrected chi connectivity index (χ3v) is 6.16. The van der Waals surface area contributed by atoms with E-state index in [0.717, 1.165) is 18.0 Å². The second-order valence-corrected chi connectivity index (χ2v) is 9.62. The molecule has 0 spiro atoms. The molecular weight excluding hydrogens is 450 g/mol. The summed E-state index contributed by atoms with van der Waals surface area (Å²) in [7, 11) is -2.07. The molecule has 1 aromatic carbocycles. The number of amides is 2. The number of hydrogen-bond acceptors (Lipinski definition) is 9. The summed E-state index contributed by atoms with van der Waals surface area (Å²) in [4.78, 5) is 31.0. The Morgan fingerprint density at radius 3 is 2.64 bits per heavy atom. The summed E-state index contributed by atoms with van der Waals surface area (Å²) in [6.45, 7) is 1.58. The molecule has 0 aliphatic carbocycles. The van der Waals surface area contributed by atoms with Gasteiger partial charge in [0.25, 0.3) is 5.91 Å². The topological polar surface area (TPSA) is 145 Å². The van der Waals surface area contributed by atoms with Crippen molar-refractivity contribution in [3.63, 3.8) is 0 Å². The minimum absolute atomic E-state index is 0.0476. The van der Waals surface area contributed by atoms with Crippen LogP contribution in [0.3, 0.4) is 0 Å². The number of carbonyl (C=O) groups excluding carboxylic acids is 2. The highest BCUT2D eigenvalue weighted by Crippen LogP contribution is 2.32. The molecule has 0 saturated carbocycles. The summed E-state index contributed by atoms with van der Waals surface area (Å²) in [5, 5.41) is 10.2. The lowest BCUT2D eigenvalue weighted by atomic mass is 10.1. The van der Waals surface area contributed by atoms with Crippen molar-refractivity contribution >= 4 is 27.5 Å². The Labute approximate surface area is 189 Å². The molecule has 0 unspecified atom stereocenters. The first-order valence-electron chi connectivity index (χ1n) is 9.95. The average molecular weight is 471 g/mol. The van der Waals surface area contributed by atoms with E-state index in [4.69, 9.17) is 9.15 Å². The highest BCUT2D eigenvalue weighted by Gasteiger charge is 2.37. The van der Waals surface area contributed by atoms with Gasteiger partial charge in [0, 0.05) is 25.6 Å². The number of carbonyl (C=O) groups is 2. The summed E-state index contributed by atoms with van der Waals surface area (Å²) >= 11 is 0. The Hall–Kier alpha value is -3.80. The van der Waals surface area contributed by atoms with Crippen molar-refractivity contribution < 1.29 is 27.2 Å². The number of anilines is 1. The van der Waals surface area contributed by atoms with Gasteiger partial charge in [0.2, 0.25) is 5.89 Å². The zero-order valence-electron chi connectivity index (χ0n) is 18.0. The number of nitrogens with zero attached hydrogens (tertiary/aromatic N) is 4. The van der Waals surface area contributed by atoms with Crippen LogP contribution in [0.4, 0.5) is 5.82 Å². The van der Waals surface area contributed by atoms with Crippen LogP contribution in [-0.2, 0) is 21.1 Å². The first kappa shape index (κ1) is 22.4. The number of hydrogen-bond donors (Lipinski definition) is 1. The fourth-order valence-corrected chi connectivity index (χ4v) is 3.88. The molecule has 3 heterocycles. The molecule has 1 N–H and O–H groups in total. The molecule has 0 radical (unpaired) electrons. The van der Waals surface area contributed by atoms with Crippen LogP contribution in [0.25, 0.3) is 0 Å². The first-order chi connectivity index (χ1) is 15.6. The van der Waals surface area contributed by atoms with E-state index in [1.165, 1.54) is 18.0 Å². The summed E-state index contributed by atoms with van der Waals surface area (Å²) in [5.74, 6) is -1.02. The maximum absolute atomic E-state index is 13.0. The molecule has 2 amide bonds. The minimum atomic E-state index is -3.53. The molecule has 2 atom stereocenters. The summed E-state index contributed by atoms with van der Waals surface area (Å²) in [6.07, 6.45) is 1.71. The largest absolute Gasteiger partial charge is 0.484 e. The van der Waals surface area contributed by atoms with Gasteiger partial charge in [-0.25, -0.2) is 13.4 Å². The Morgan fingerprint density at radius 1 is 1.21 bits per heavy atom. The molecule has 11 nitrogen and oxygen atoms in total.